The molecular weight excluding hydrogens is 323 g/mol. The van der Waals surface area contributed by atoms with Crippen molar-refractivity contribution >= 4 is 17.7 Å². The van der Waals surface area contributed by atoms with Gasteiger partial charge in [0.15, 0.2) is 0 Å². The second-order valence-corrected chi connectivity index (χ2v) is 6.10. The van der Waals surface area contributed by atoms with E-state index >= 15 is 0 Å². The number of cyclic esters (lactones) is 1. The predicted octanol–water partition coefficient (Wildman–Crippen LogP) is 3.20. The number of hydrogen-bond acceptors (Lipinski definition) is 3. The number of anilines is 1. The molecule has 1 saturated heterocycles. The van der Waals surface area contributed by atoms with Crippen molar-refractivity contribution in [2.24, 2.45) is 0 Å². The monoisotopic (exact) mass is 342 g/mol. The van der Waals surface area contributed by atoms with Gasteiger partial charge in [-0.05, 0) is 61.4 Å². The van der Waals surface area contributed by atoms with Crippen molar-refractivity contribution in [3.63, 3.8) is 0 Å². The third kappa shape index (κ3) is 3.79. The molecule has 0 aliphatic carbocycles. The fourth-order valence-electron chi connectivity index (χ4n) is 2.65. The van der Waals surface area contributed by atoms with E-state index in [-0.39, 0.29) is 18.3 Å². The molecule has 0 bridgehead atoms. The molecule has 0 aromatic heterocycles. The van der Waals surface area contributed by atoms with Crippen LogP contribution in [0.3, 0.4) is 0 Å². The van der Waals surface area contributed by atoms with Crippen molar-refractivity contribution in [2.45, 2.75) is 20.0 Å². The fourth-order valence-corrected chi connectivity index (χ4v) is 2.65. The molecule has 1 N–H and O–H groups in total. The first-order chi connectivity index (χ1) is 11.9. The van der Waals surface area contributed by atoms with Crippen LogP contribution in [0.1, 0.15) is 21.5 Å². The Balaban J connectivity index is 1.59. The number of rotatable bonds is 4. The van der Waals surface area contributed by atoms with Gasteiger partial charge in [0.05, 0.1) is 13.1 Å². The molecular formula is C19H19FN2O3. The van der Waals surface area contributed by atoms with E-state index in [4.69, 9.17) is 4.74 Å². The SMILES string of the molecule is Cc1ccc(C(=O)NCC2CN(c3ccc(F)cc3)C(=O)O2)cc1C. The lowest BCUT2D eigenvalue weighted by atomic mass is 10.1. The summed E-state index contributed by atoms with van der Waals surface area (Å²) in [6.07, 6.45) is -0.954. The molecule has 0 radical (unpaired) electrons. The van der Waals surface area contributed by atoms with Crippen LogP contribution >= 0.6 is 0 Å². The smallest absolute Gasteiger partial charge is 0.414 e. The molecule has 130 valence electrons. The van der Waals surface area contributed by atoms with Crippen LogP contribution in [-0.2, 0) is 4.74 Å². The zero-order valence-corrected chi connectivity index (χ0v) is 14.1. The molecule has 1 fully saturated rings. The maximum atomic E-state index is 13.0. The molecule has 1 aliphatic heterocycles. The Kier molecular flexibility index (Phi) is 4.70. The van der Waals surface area contributed by atoms with Crippen LogP contribution in [-0.4, -0.2) is 31.2 Å². The van der Waals surface area contributed by atoms with Crippen molar-refractivity contribution in [3.8, 4) is 0 Å². The highest BCUT2D eigenvalue weighted by Gasteiger charge is 2.32. The number of ether oxygens (including phenoxy) is 1. The normalized spacial score (nSPS) is 16.7. The molecule has 0 saturated carbocycles. The molecule has 1 atom stereocenters. The summed E-state index contributed by atoms with van der Waals surface area (Å²) >= 11 is 0. The molecule has 3 rings (SSSR count). The van der Waals surface area contributed by atoms with Gasteiger partial charge in [-0.3, -0.25) is 9.69 Å². The topological polar surface area (TPSA) is 58.6 Å². The second kappa shape index (κ2) is 6.93. The zero-order valence-electron chi connectivity index (χ0n) is 14.1. The molecule has 6 heteroatoms. The number of nitrogens with one attached hydrogen (secondary N) is 1. The lowest BCUT2D eigenvalue weighted by molar-refractivity contribution is 0.0916. The van der Waals surface area contributed by atoms with Crippen molar-refractivity contribution in [2.75, 3.05) is 18.0 Å². The van der Waals surface area contributed by atoms with E-state index in [9.17, 15) is 14.0 Å². The van der Waals surface area contributed by atoms with Crippen molar-refractivity contribution in [1.82, 2.24) is 5.32 Å². The maximum absolute atomic E-state index is 13.0. The number of nitrogens with zero attached hydrogens (tertiary/aromatic N) is 1. The Morgan fingerprint density at radius 3 is 2.60 bits per heavy atom. The Morgan fingerprint density at radius 2 is 1.92 bits per heavy atom. The van der Waals surface area contributed by atoms with Gasteiger partial charge < -0.3 is 10.1 Å². The third-order valence-electron chi connectivity index (χ3n) is 4.27. The molecule has 2 aromatic rings. The summed E-state index contributed by atoms with van der Waals surface area (Å²) in [6.45, 7) is 4.46. The predicted molar refractivity (Wildman–Crippen MR) is 92.3 cm³/mol. The van der Waals surface area contributed by atoms with Gasteiger partial charge in [0, 0.05) is 11.3 Å². The number of amides is 2. The average Bonchev–Trinajstić information content (AvgIpc) is 2.96. The number of carbonyl (C=O) groups is 2. The highest BCUT2D eigenvalue weighted by Crippen LogP contribution is 2.21. The minimum Gasteiger partial charge on any atom is -0.442 e. The largest absolute Gasteiger partial charge is 0.442 e. The van der Waals surface area contributed by atoms with Crippen LogP contribution in [0.25, 0.3) is 0 Å². The summed E-state index contributed by atoms with van der Waals surface area (Å²) < 4.78 is 18.3. The molecule has 1 unspecified atom stereocenters. The van der Waals surface area contributed by atoms with Crippen LogP contribution in [0.4, 0.5) is 14.9 Å². The standard InChI is InChI=1S/C19H19FN2O3/c1-12-3-4-14(9-13(12)2)18(23)21-10-17-11-22(19(24)25-17)16-7-5-15(20)6-8-16/h3-9,17H,10-11H2,1-2H3,(H,21,23). The molecule has 1 aliphatic rings. The summed E-state index contributed by atoms with van der Waals surface area (Å²) in [5, 5.41) is 2.79. The molecule has 25 heavy (non-hydrogen) atoms. The quantitative estimate of drug-likeness (QED) is 0.928. The van der Waals surface area contributed by atoms with E-state index < -0.39 is 12.2 Å². The lowest BCUT2D eigenvalue weighted by Crippen LogP contribution is -2.34. The van der Waals surface area contributed by atoms with E-state index in [2.05, 4.69) is 5.32 Å². The van der Waals surface area contributed by atoms with Crippen LogP contribution in [0.5, 0.6) is 0 Å². The van der Waals surface area contributed by atoms with Crippen LogP contribution in [0.2, 0.25) is 0 Å². The van der Waals surface area contributed by atoms with E-state index in [1.54, 1.807) is 6.07 Å². The first-order valence-corrected chi connectivity index (χ1v) is 8.03. The van der Waals surface area contributed by atoms with Crippen LogP contribution < -0.4 is 10.2 Å². The average molecular weight is 342 g/mol. The Bertz CT molecular complexity index is 805. The minimum atomic E-state index is -0.503. The van der Waals surface area contributed by atoms with E-state index in [1.165, 1.54) is 29.2 Å². The van der Waals surface area contributed by atoms with Gasteiger partial charge in [-0.25, -0.2) is 9.18 Å². The van der Waals surface area contributed by atoms with Gasteiger partial charge in [-0.2, -0.15) is 0 Å². The Hall–Kier alpha value is -2.89. The lowest BCUT2D eigenvalue weighted by Gasteiger charge is -2.13. The van der Waals surface area contributed by atoms with Gasteiger partial charge in [-0.15, -0.1) is 0 Å². The van der Waals surface area contributed by atoms with E-state index in [0.717, 1.165) is 11.1 Å². The first kappa shape index (κ1) is 17.0. The highest BCUT2D eigenvalue weighted by molar-refractivity contribution is 5.94. The van der Waals surface area contributed by atoms with Crippen LogP contribution in [0, 0.1) is 19.7 Å². The fraction of sp³-hybridized carbons (Fsp3) is 0.263. The summed E-state index contributed by atoms with van der Waals surface area (Å²) in [7, 11) is 0. The van der Waals surface area contributed by atoms with Crippen LogP contribution in [0.15, 0.2) is 42.5 Å². The number of benzene rings is 2. The van der Waals surface area contributed by atoms with Gasteiger partial charge in [0.25, 0.3) is 5.91 Å². The summed E-state index contributed by atoms with van der Waals surface area (Å²) in [5.74, 6) is -0.576. The van der Waals surface area contributed by atoms with Gasteiger partial charge >= 0.3 is 6.09 Å². The minimum absolute atomic E-state index is 0.209. The molecule has 5 nitrogen and oxygen atoms in total. The molecule has 1 heterocycles. The first-order valence-electron chi connectivity index (χ1n) is 8.03. The van der Waals surface area contributed by atoms with E-state index in [0.29, 0.717) is 17.8 Å². The Labute approximate surface area is 145 Å². The molecule has 2 amide bonds. The summed E-state index contributed by atoms with van der Waals surface area (Å²) in [4.78, 5) is 25.6. The summed E-state index contributed by atoms with van der Waals surface area (Å²) in [6, 6.07) is 11.1. The number of halogens is 1. The van der Waals surface area contributed by atoms with Gasteiger partial charge in [0.1, 0.15) is 11.9 Å². The number of aryl methyl sites for hydroxylation is 2. The van der Waals surface area contributed by atoms with Crippen molar-refractivity contribution in [1.29, 1.82) is 0 Å². The van der Waals surface area contributed by atoms with E-state index in [1.807, 2.05) is 26.0 Å². The third-order valence-corrected chi connectivity index (χ3v) is 4.27. The van der Waals surface area contributed by atoms with Gasteiger partial charge in [-0.1, -0.05) is 6.07 Å². The van der Waals surface area contributed by atoms with Crippen molar-refractivity contribution < 1.29 is 18.7 Å². The molecule has 2 aromatic carbocycles. The van der Waals surface area contributed by atoms with Crippen molar-refractivity contribution in [3.05, 3.63) is 65.0 Å². The zero-order chi connectivity index (χ0) is 18.0. The number of hydrogen-bond donors (Lipinski definition) is 1. The Morgan fingerprint density at radius 1 is 1.20 bits per heavy atom. The maximum Gasteiger partial charge on any atom is 0.414 e. The van der Waals surface area contributed by atoms with Gasteiger partial charge in [0.2, 0.25) is 0 Å². The molecule has 0 spiro atoms. The highest BCUT2D eigenvalue weighted by atomic mass is 19.1. The number of carbonyl (C=O) groups excluding carboxylic acids is 2. The second-order valence-electron chi connectivity index (χ2n) is 6.10. The summed E-state index contributed by atoms with van der Waals surface area (Å²) in [5.41, 5.74) is 3.30.